The molecule has 3 aromatic rings. The van der Waals surface area contributed by atoms with Crippen LogP contribution in [0.15, 0.2) is 28.7 Å². The molecular formula is C19H24N4O2S2. The van der Waals surface area contributed by atoms with Crippen LogP contribution >= 0.6 is 23.1 Å². The van der Waals surface area contributed by atoms with Crippen LogP contribution in [-0.4, -0.2) is 44.6 Å². The molecule has 0 aliphatic heterocycles. The predicted octanol–water partition coefficient (Wildman–Crippen LogP) is 4.07. The van der Waals surface area contributed by atoms with Crippen molar-refractivity contribution >= 4 is 28.9 Å². The Kier molecular flexibility index (Phi) is 6.51. The van der Waals surface area contributed by atoms with E-state index in [1.165, 1.54) is 11.8 Å². The van der Waals surface area contributed by atoms with E-state index in [0.29, 0.717) is 12.4 Å². The van der Waals surface area contributed by atoms with Crippen molar-refractivity contribution in [3.8, 4) is 10.7 Å². The molecular weight excluding hydrogens is 380 g/mol. The number of thiophene rings is 1. The molecule has 144 valence electrons. The van der Waals surface area contributed by atoms with Gasteiger partial charge in [0.2, 0.25) is 0 Å². The highest BCUT2D eigenvalue weighted by Crippen LogP contribution is 2.28. The zero-order valence-corrected chi connectivity index (χ0v) is 17.7. The molecule has 0 N–H and O–H groups in total. The number of carbonyl (C=O) groups excluding carboxylic acids is 1. The quantitative estimate of drug-likeness (QED) is 0.397. The van der Waals surface area contributed by atoms with Gasteiger partial charge in [0, 0.05) is 37.2 Å². The van der Waals surface area contributed by atoms with Gasteiger partial charge >= 0.3 is 0 Å². The van der Waals surface area contributed by atoms with E-state index in [1.807, 2.05) is 37.4 Å². The van der Waals surface area contributed by atoms with Gasteiger partial charge in [0.15, 0.2) is 16.8 Å². The van der Waals surface area contributed by atoms with Crippen molar-refractivity contribution in [2.24, 2.45) is 0 Å². The van der Waals surface area contributed by atoms with Crippen molar-refractivity contribution < 1.29 is 9.53 Å². The number of Topliss-reactive ketones (excluding diaryl/α,β-unsaturated/α-hetero) is 1. The first-order valence-electron chi connectivity index (χ1n) is 8.85. The van der Waals surface area contributed by atoms with Gasteiger partial charge in [-0.1, -0.05) is 17.8 Å². The van der Waals surface area contributed by atoms with E-state index in [2.05, 4.69) is 26.3 Å². The third-order valence-corrected chi connectivity index (χ3v) is 6.33. The van der Waals surface area contributed by atoms with Crippen molar-refractivity contribution in [1.29, 1.82) is 0 Å². The van der Waals surface area contributed by atoms with Gasteiger partial charge in [-0.25, -0.2) is 0 Å². The highest BCUT2D eigenvalue weighted by molar-refractivity contribution is 7.99. The third-order valence-electron chi connectivity index (χ3n) is 4.50. The Bertz CT molecular complexity index is 913. The number of methoxy groups -OCH3 is 1. The smallest absolute Gasteiger partial charge is 0.191 e. The van der Waals surface area contributed by atoms with Crippen molar-refractivity contribution in [3.05, 3.63) is 40.5 Å². The molecule has 0 aliphatic rings. The van der Waals surface area contributed by atoms with E-state index >= 15 is 0 Å². The number of aryl methyl sites for hydroxylation is 1. The molecule has 0 saturated heterocycles. The maximum atomic E-state index is 12.8. The summed E-state index contributed by atoms with van der Waals surface area (Å²) in [6.45, 7) is 8.22. The summed E-state index contributed by atoms with van der Waals surface area (Å²) in [6.07, 6.45) is 0. The van der Waals surface area contributed by atoms with Crippen molar-refractivity contribution in [2.45, 2.75) is 39.0 Å². The van der Waals surface area contributed by atoms with Crippen LogP contribution in [0.4, 0.5) is 0 Å². The molecule has 3 rings (SSSR count). The summed E-state index contributed by atoms with van der Waals surface area (Å²) >= 11 is 3.09. The number of aromatic nitrogens is 4. The second-order valence-corrected chi connectivity index (χ2v) is 8.06. The Balaban J connectivity index is 1.73. The zero-order valence-electron chi connectivity index (χ0n) is 16.1. The first kappa shape index (κ1) is 19.9. The topological polar surface area (TPSA) is 61.9 Å². The zero-order chi connectivity index (χ0) is 19.4. The summed E-state index contributed by atoms with van der Waals surface area (Å²) < 4.78 is 9.35. The largest absolute Gasteiger partial charge is 0.383 e. The standard InChI is InChI=1S/C19H24N4O2S2/c1-5-22-18(17-7-6-10-26-17)20-21-19(22)27-12-16(24)15-11-13(2)23(14(15)3)8-9-25-4/h6-7,10-11H,5,8-9,12H2,1-4H3. The number of hydrogen-bond acceptors (Lipinski definition) is 6. The van der Waals surface area contributed by atoms with E-state index in [-0.39, 0.29) is 5.78 Å². The lowest BCUT2D eigenvalue weighted by atomic mass is 10.2. The maximum absolute atomic E-state index is 12.8. The van der Waals surface area contributed by atoms with E-state index in [1.54, 1.807) is 18.4 Å². The second-order valence-electron chi connectivity index (χ2n) is 6.17. The lowest BCUT2D eigenvalue weighted by Crippen LogP contribution is -2.10. The second kappa shape index (κ2) is 8.86. The Labute approximate surface area is 167 Å². The Morgan fingerprint density at radius 3 is 2.78 bits per heavy atom. The summed E-state index contributed by atoms with van der Waals surface area (Å²) in [4.78, 5) is 13.9. The number of rotatable bonds is 9. The van der Waals surface area contributed by atoms with Crippen LogP contribution in [-0.2, 0) is 17.8 Å². The van der Waals surface area contributed by atoms with Gasteiger partial charge in [-0.2, -0.15) is 0 Å². The molecule has 27 heavy (non-hydrogen) atoms. The van der Waals surface area contributed by atoms with E-state index < -0.39 is 0 Å². The van der Waals surface area contributed by atoms with Crippen LogP contribution in [0.3, 0.4) is 0 Å². The van der Waals surface area contributed by atoms with Crippen LogP contribution in [0.2, 0.25) is 0 Å². The number of thioether (sulfide) groups is 1. The van der Waals surface area contributed by atoms with Gasteiger partial charge in [-0.3, -0.25) is 4.79 Å². The molecule has 0 unspecified atom stereocenters. The van der Waals surface area contributed by atoms with Crippen LogP contribution in [0.1, 0.15) is 28.7 Å². The molecule has 0 saturated carbocycles. The Hall–Kier alpha value is -1.90. The molecule has 0 atom stereocenters. The fraction of sp³-hybridized carbons (Fsp3) is 0.421. The normalized spacial score (nSPS) is 11.3. The van der Waals surface area contributed by atoms with E-state index in [0.717, 1.165) is 45.9 Å². The highest BCUT2D eigenvalue weighted by Gasteiger charge is 2.19. The minimum atomic E-state index is 0.111. The van der Waals surface area contributed by atoms with Crippen molar-refractivity contribution in [3.63, 3.8) is 0 Å². The van der Waals surface area contributed by atoms with Gasteiger partial charge in [0.1, 0.15) is 0 Å². The molecule has 3 heterocycles. The SMILES string of the molecule is CCn1c(SCC(=O)c2cc(C)n(CCOC)c2C)nnc1-c1cccs1. The predicted molar refractivity (Wildman–Crippen MR) is 110 cm³/mol. The van der Waals surface area contributed by atoms with Gasteiger partial charge in [-0.05, 0) is 38.3 Å². The minimum absolute atomic E-state index is 0.111. The van der Waals surface area contributed by atoms with Gasteiger partial charge in [-0.15, -0.1) is 21.5 Å². The number of ether oxygens (including phenoxy) is 1. The first-order valence-corrected chi connectivity index (χ1v) is 10.7. The molecule has 0 bridgehead atoms. The molecule has 0 aliphatic carbocycles. The summed E-state index contributed by atoms with van der Waals surface area (Å²) in [5.74, 6) is 1.32. The average Bonchev–Trinajstić information content (AvgIpc) is 3.37. The highest BCUT2D eigenvalue weighted by atomic mass is 32.2. The molecule has 3 aromatic heterocycles. The van der Waals surface area contributed by atoms with E-state index in [4.69, 9.17) is 4.74 Å². The first-order chi connectivity index (χ1) is 13.1. The summed E-state index contributed by atoms with van der Waals surface area (Å²) in [5.41, 5.74) is 2.85. The Morgan fingerprint density at radius 2 is 2.11 bits per heavy atom. The fourth-order valence-corrected chi connectivity index (χ4v) is 4.69. The molecule has 8 heteroatoms. The van der Waals surface area contributed by atoms with Crippen molar-refractivity contribution in [2.75, 3.05) is 19.5 Å². The summed E-state index contributed by atoms with van der Waals surface area (Å²) in [6, 6.07) is 6.01. The van der Waals surface area contributed by atoms with Crippen LogP contribution < -0.4 is 0 Å². The molecule has 0 amide bonds. The summed E-state index contributed by atoms with van der Waals surface area (Å²) in [5, 5.41) is 11.4. The van der Waals surface area contributed by atoms with Gasteiger partial charge in [0.05, 0.1) is 17.2 Å². The lowest BCUT2D eigenvalue weighted by molar-refractivity contribution is 0.102. The minimum Gasteiger partial charge on any atom is -0.383 e. The number of nitrogens with zero attached hydrogens (tertiary/aromatic N) is 4. The number of hydrogen-bond donors (Lipinski definition) is 0. The molecule has 0 aromatic carbocycles. The van der Waals surface area contributed by atoms with E-state index in [9.17, 15) is 4.79 Å². The number of ketones is 1. The Morgan fingerprint density at radius 1 is 1.30 bits per heavy atom. The maximum Gasteiger partial charge on any atom is 0.191 e. The lowest BCUT2D eigenvalue weighted by Gasteiger charge is -2.09. The average molecular weight is 405 g/mol. The van der Waals surface area contributed by atoms with Gasteiger partial charge < -0.3 is 13.9 Å². The molecule has 0 radical (unpaired) electrons. The van der Waals surface area contributed by atoms with Crippen molar-refractivity contribution in [1.82, 2.24) is 19.3 Å². The van der Waals surface area contributed by atoms with Gasteiger partial charge in [0.25, 0.3) is 0 Å². The van der Waals surface area contributed by atoms with Crippen LogP contribution in [0, 0.1) is 13.8 Å². The van der Waals surface area contributed by atoms with Crippen LogP contribution in [0.25, 0.3) is 10.7 Å². The monoisotopic (exact) mass is 404 g/mol. The summed E-state index contributed by atoms with van der Waals surface area (Å²) in [7, 11) is 1.69. The molecule has 6 nitrogen and oxygen atoms in total. The molecule has 0 fully saturated rings. The third kappa shape index (κ3) is 4.17. The fourth-order valence-electron chi connectivity index (χ4n) is 3.09. The number of carbonyl (C=O) groups is 1. The molecule has 0 spiro atoms. The van der Waals surface area contributed by atoms with Crippen LogP contribution in [0.5, 0.6) is 0 Å².